The summed E-state index contributed by atoms with van der Waals surface area (Å²) in [6.07, 6.45) is 5.97. The van der Waals surface area contributed by atoms with Gasteiger partial charge in [0, 0.05) is 25.2 Å². The molecule has 3 heteroatoms. The third kappa shape index (κ3) is 2.86. The number of carbonyl (C=O) groups is 1. The zero-order valence-corrected chi connectivity index (χ0v) is 10.9. The summed E-state index contributed by atoms with van der Waals surface area (Å²) < 4.78 is 1.76. The van der Waals surface area contributed by atoms with Crippen molar-refractivity contribution < 1.29 is 4.79 Å². The maximum absolute atomic E-state index is 12.2. The van der Waals surface area contributed by atoms with Crippen LogP contribution in [0, 0.1) is 0 Å². The van der Waals surface area contributed by atoms with Crippen LogP contribution in [0.4, 0.5) is 0 Å². The summed E-state index contributed by atoms with van der Waals surface area (Å²) in [7, 11) is 1.89. The van der Waals surface area contributed by atoms with Gasteiger partial charge in [0.05, 0.1) is 6.20 Å². The Hall–Kier alpha value is -1.90. The van der Waals surface area contributed by atoms with E-state index in [0.29, 0.717) is 6.42 Å². The minimum absolute atomic E-state index is 0.219. The molecule has 1 heterocycles. The molecule has 0 aliphatic heterocycles. The Balaban J connectivity index is 2.03. The van der Waals surface area contributed by atoms with Crippen LogP contribution in [0.25, 0.3) is 0 Å². The average molecular weight is 242 g/mol. The molecule has 0 radical (unpaired) electrons. The van der Waals surface area contributed by atoms with Crippen molar-refractivity contribution in [3.05, 3.63) is 53.3 Å². The highest BCUT2D eigenvalue weighted by atomic mass is 16.1. The van der Waals surface area contributed by atoms with Gasteiger partial charge in [-0.2, -0.15) is 5.10 Å². The van der Waals surface area contributed by atoms with E-state index in [4.69, 9.17) is 0 Å². The molecule has 0 N–H and O–H groups in total. The second kappa shape index (κ2) is 5.63. The van der Waals surface area contributed by atoms with Crippen molar-refractivity contribution >= 4 is 5.78 Å². The summed E-state index contributed by atoms with van der Waals surface area (Å²) in [6.45, 7) is 2.08. The van der Waals surface area contributed by atoms with Gasteiger partial charge in [-0.1, -0.05) is 31.2 Å². The van der Waals surface area contributed by atoms with Crippen LogP contribution in [0.5, 0.6) is 0 Å². The molecule has 1 aromatic heterocycles. The number of aryl methyl sites for hydroxylation is 3. The number of ketones is 1. The van der Waals surface area contributed by atoms with E-state index in [0.717, 1.165) is 29.5 Å². The maximum Gasteiger partial charge on any atom is 0.163 e. The fourth-order valence-electron chi connectivity index (χ4n) is 2.09. The van der Waals surface area contributed by atoms with Gasteiger partial charge in [-0.05, 0) is 24.0 Å². The first-order chi connectivity index (χ1) is 8.70. The molecule has 0 spiro atoms. The van der Waals surface area contributed by atoms with Gasteiger partial charge in [0.1, 0.15) is 0 Å². The Kier molecular flexibility index (Phi) is 3.92. The summed E-state index contributed by atoms with van der Waals surface area (Å²) in [5, 5.41) is 4.11. The van der Waals surface area contributed by atoms with Crippen LogP contribution < -0.4 is 0 Å². The Labute approximate surface area is 107 Å². The normalized spacial score (nSPS) is 10.6. The Bertz CT molecular complexity index is 543. The van der Waals surface area contributed by atoms with Gasteiger partial charge in [-0.25, -0.2) is 0 Å². The Morgan fingerprint density at radius 3 is 2.78 bits per heavy atom. The molecule has 0 bridgehead atoms. The number of carbonyl (C=O) groups excluding carboxylic acids is 1. The van der Waals surface area contributed by atoms with Gasteiger partial charge < -0.3 is 0 Å². The first-order valence-electron chi connectivity index (χ1n) is 6.29. The van der Waals surface area contributed by atoms with Gasteiger partial charge >= 0.3 is 0 Å². The number of Topliss-reactive ketones (excluding diaryl/α,β-unsaturated/α-hetero) is 1. The number of nitrogens with zero attached hydrogens (tertiary/aromatic N) is 2. The molecule has 0 unspecified atom stereocenters. The van der Waals surface area contributed by atoms with E-state index in [1.54, 1.807) is 4.68 Å². The van der Waals surface area contributed by atoms with Gasteiger partial charge in [0.25, 0.3) is 0 Å². The van der Waals surface area contributed by atoms with Crippen LogP contribution >= 0.6 is 0 Å². The number of rotatable bonds is 5. The molecule has 2 aromatic rings. The first-order valence-corrected chi connectivity index (χ1v) is 6.29. The largest absolute Gasteiger partial charge is 0.294 e. The lowest BCUT2D eigenvalue weighted by molar-refractivity contribution is 0.0982. The Morgan fingerprint density at radius 2 is 2.11 bits per heavy atom. The molecule has 0 atom stereocenters. The lowest BCUT2D eigenvalue weighted by Crippen LogP contribution is -2.04. The van der Waals surface area contributed by atoms with Crippen LogP contribution in [0.15, 0.2) is 36.7 Å². The van der Waals surface area contributed by atoms with E-state index in [-0.39, 0.29) is 5.78 Å². The molecule has 1 aromatic carbocycles. The van der Waals surface area contributed by atoms with Crippen LogP contribution in [0.3, 0.4) is 0 Å². The highest BCUT2D eigenvalue weighted by molar-refractivity contribution is 5.97. The smallest absolute Gasteiger partial charge is 0.163 e. The lowest BCUT2D eigenvalue weighted by Gasteiger charge is -2.05. The molecular weight excluding hydrogens is 224 g/mol. The summed E-state index contributed by atoms with van der Waals surface area (Å²) >= 11 is 0. The van der Waals surface area contributed by atoms with Crippen molar-refractivity contribution in [1.29, 1.82) is 0 Å². The molecule has 18 heavy (non-hydrogen) atoms. The van der Waals surface area contributed by atoms with Crippen molar-refractivity contribution in [2.24, 2.45) is 7.05 Å². The summed E-state index contributed by atoms with van der Waals surface area (Å²) in [6, 6.07) is 7.86. The molecule has 0 fully saturated rings. The van der Waals surface area contributed by atoms with Crippen LogP contribution in [-0.4, -0.2) is 15.6 Å². The predicted octanol–water partition coefficient (Wildman–Crippen LogP) is 2.80. The van der Waals surface area contributed by atoms with Gasteiger partial charge in [-0.15, -0.1) is 0 Å². The van der Waals surface area contributed by atoms with Gasteiger partial charge in [-0.3, -0.25) is 9.48 Å². The van der Waals surface area contributed by atoms with Crippen LogP contribution in [-0.2, 0) is 19.9 Å². The fraction of sp³-hybridized carbons (Fsp3) is 0.333. The predicted molar refractivity (Wildman–Crippen MR) is 71.7 cm³/mol. The third-order valence-corrected chi connectivity index (χ3v) is 3.10. The fourth-order valence-corrected chi connectivity index (χ4v) is 2.09. The highest BCUT2D eigenvalue weighted by Gasteiger charge is 2.10. The third-order valence-electron chi connectivity index (χ3n) is 3.10. The molecule has 3 nitrogen and oxygen atoms in total. The standard InChI is InChI=1S/C15H18N2O/c1-3-13-6-4-5-7-14(13)15(18)9-8-12-10-16-17(2)11-12/h4-7,10-11H,3,8-9H2,1-2H3. The topological polar surface area (TPSA) is 34.9 Å². The van der Waals surface area contributed by atoms with Crippen molar-refractivity contribution in [2.45, 2.75) is 26.2 Å². The molecule has 0 saturated heterocycles. The minimum Gasteiger partial charge on any atom is -0.294 e. The van der Waals surface area contributed by atoms with E-state index in [1.165, 1.54) is 0 Å². The second-order valence-corrected chi connectivity index (χ2v) is 4.46. The van der Waals surface area contributed by atoms with Crippen LogP contribution in [0.1, 0.15) is 34.8 Å². The lowest BCUT2D eigenvalue weighted by atomic mass is 9.98. The Morgan fingerprint density at radius 1 is 1.33 bits per heavy atom. The second-order valence-electron chi connectivity index (χ2n) is 4.46. The number of aromatic nitrogens is 2. The van der Waals surface area contributed by atoms with Crippen molar-refractivity contribution in [3.8, 4) is 0 Å². The van der Waals surface area contributed by atoms with Crippen molar-refractivity contribution in [3.63, 3.8) is 0 Å². The number of hydrogen-bond acceptors (Lipinski definition) is 2. The monoisotopic (exact) mass is 242 g/mol. The van der Waals surface area contributed by atoms with Gasteiger partial charge in [0.2, 0.25) is 0 Å². The van der Waals surface area contributed by atoms with E-state index >= 15 is 0 Å². The molecule has 0 aliphatic carbocycles. The number of benzene rings is 1. The molecular formula is C15H18N2O. The first kappa shape index (κ1) is 12.6. The highest BCUT2D eigenvalue weighted by Crippen LogP contribution is 2.13. The average Bonchev–Trinajstić information content (AvgIpc) is 2.81. The zero-order valence-electron chi connectivity index (χ0n) is 10.9. The molecule has 2 rings (SSSR count). The van der Waals surface area contributed by atoms with E-state index in [1.807, 2.05) is 43.7 Å². The maximum atomic E-state index is 12.2. The van der Waals surface area contributed by atoms with Crippen molar-refractivity contribution in [1.82, 2.24) is 9.78 Å². The molecule has 0 amide bonds. The molecule has 94 valence electrons. The SMILES string of the molecule is CCc1ccccc1C(=O)CCc1cnn(C)c1. The quantitative estimate of drug-likeness (QED) is 0.756. The summed E-state index contributed by atoms with van der Waals surface area (Å²) in [5.74, 6) is 0.219. The van der Waals surface area contributed by atoms with Crippen molar-refractivity contribution in [2.75, 3.05) is 0 Å². The van der Waals surface area contributed by atoms with Gasteiger partial charge in [0.15, 0.2) is 5.78 Å². The summed E-state index contributed by atoms with van der Waals surface area (Å²) in [4.78, 5) is 12.2. The number of hydrogen-bond donors (Lipinski definition) is 0. The van der Waals surface area contributed by atoms with E-state index in [2.05, 4.69) is 12.0 Å². The molecule has 0 aliphatic rings. The minimum atomic E-state index is 0.219. The zero-order chi connectivity index (χ0) is 13.0. The molecule has 0 saturated carbocycles. The summed E-state index contributed by atoms with van der Waals surface area (Å²) in [5.41, 5.74) is 3.11. The van der Waals surface area contributed by atoms with Crippen LogP contribution in [0.2, 0.25) is 0 Å². The van der Waals surface area contributed by atoms with E-state index in [9.17, 15) is 4.79 Å². The van der Waals surface area contributed by atoms with E-state index < -0.39 is 0 Å².